The van der Waals surface area contributed by atoms with Gasteiger partial charge in [-0.05, 0) is 6.26 Å². The van der Waals surface area contributed by atoms with Crippen LogP contribution in [-0.4, -0.2) is 48.2 Å². The predicted octanol–water partition coefficient (Wildman–Crippen LogP) is 1.05. The number of carbonyl (C=O) groups excluding carboxylic acids is 1. The zero-order chi connectivity index (χ0) is 11.4. The Morgan fingerprint density at radius 2 is 2.38 bits per heavy atom. The number of rotatable bonds is 3. The van der Waals surface area contributed by atoms with Crippen LogP contribution in [-0.2, 0) is 5.75 Å². The molecule has 1 N–H and O–H groups in total. The number of nitrogens with zero attached hydrogens (tertiary/aromatic N) is 2. The molecule has 1 aromatic heterocycles. The van der Waals surface area contributed by atoms with Crippen molar-refractivity contribution in [1.82, 2.24) is 15.2 Å². The van der Waals surface area contributed by atoms with Gasteiger partial charge in [0.15, 0.2) is 0 Å². The van der Waals surface area contributed by atoms with Crippen LogP contribution in [0.5, 0.6) is 0 Å². The number of thioether (sulfide) groups is 1. The summed E-state index contributed by atoms with van der Waals surface area (Å²) in [6, 6.07) is 0. The van der Waals surface area contributed by atoms with Crippen LogP contribution in [0.15, 0.2) is 5.38 Å². The fourth-order valence-corrected chi connectivity index (χ4v) is 3.12. The van der Waals surface area contributed by atoms with Crippen LogP contribution >= 0.6 is 23.1 Å². The van der Waals surface area contributed by atoms with Gasteiger partial charge in [-0.1, -0.05) is 0 Å². The highest BCUT2D eigenvalue weighted by Gasteiger charge is 2.20. The highest BCUT2D eigenvalue weighted by atomic mass is 32.2. The monoisotopic (exact) mass is 257 g/mol. The summed E-state index contributed by atoms with van der Waals surface area (Å²) in [4.78, 5) is 18.3. The summed E-state index contributed by atoms with van der Waals surface area (Å²) in [7, 11) is 0. The van der Waals surface area contributed by atoms with E-state index in [9.17, 15) is 4.79 Å². The lowest BCUT2D eigenvalue weighted by Gasteiger charge is -2.26. The summed E-state index contributed by atoms with van der Waals surface area (Å²) in [5.41, 5.74) is 0.607. The smallest absolute Gasteiger partial charge is 0.273 e. The van der Waals surface area contributed by atoms with Gasteiger partial charge in [-0.3, -0.25) is 4.79 Å². The Kier molecular flexibility index (Phi) is 4.20. The largest absolute Gasteiger partial charge is 0.335 e. The van der Waals surface area contributed by atoms with Gasteiger partial charge in [0.1, 0.15) is 10.7 Å². The van der Waals surface area contributed by atoms with Crippen molar-refractivity contribution in [2.45, 2.75) is 5.75 Å². The number of aromatic nitrogens is 1. The molecule has 0 aromatic carbocycles. The summed E-state index contributed by atoms with van der Waals surface area (Å²) in [5, 5.41) is 6.14. The molecule has 16 heavy (non-hydrogen) atoms. The van der Waals surface area contributed by atoms with Gasteiger partial charge >= 0.3 is 0 Å². The molecule has 0 aliphatic carbocycles. The minimum Gasteiger partial charge on any atom is -0.335 e. The summed E-state index contributed by atoms with van der Waals surface area (Å²) >= 11 is 3.30. The molecule has 1 aliphatic rings. The number of hydrogen-bond donors (Lipinski definition) is 1. The van der Waals surface area contributed by atoms with Crippen molar-refractivity contribution in [3.8, 4) is 0 Å². The van der Waals surface area contributed by atoms with Crippen LogP contribution in [0.3, 0.4) is 0 Å². The third-order valence-electron chi connectivity index (χ3n) is 2.44. The molecule has 1 amide bonds. The SMILES string of the molecule is CSCc1nc(C(=O)N2CCNCC2)cs1. The van der Waals surface area contributed by atoms with Crippen molar-refractivity contribution in [3.63, 3.8) is 0 Å². The molecule has 0 saturated carbocycles. The summed E-state index contributed by atoms with van der Waals surface area (Å²) in [6.07, 6.45) is 2.04. The Morgan fingerprint density at radius 3 is 3.06 bits per heavy atom. The maximum absolute atomic E-state index is 12.1. The number of amides is 1. The van der Waals surface area contributed by atoms with Gasteiger partial charge in [0, 0.05) is 37.3 Å². The lowest BCUT2D eigenvalue weighted by atomic mass is 10.3. The van der Waals surface area contributed by atoms with E-state index in [4.69, 9.17) is 0 Å². The molecule has 4 nitrogen and oxygen atoms in total. The maximum atomic E-state index is 12.1. The van der Waals surface area contributed by atoms with Crippen LogP contribution in [0.1, 0.15) is 15.5 Å². The Morgan fingerprint density at radius 1 is 1.62 bits per heavy atom. The third-order valence-corrected chi connectivity index (χ3v) is 4.04. The van der Waals surface area contributed by atoms with Crippen molar-refractivity contribution < 1.29 is 4.79 Å². The molecule has 1 aromatic rings. The van der Waals surface area contributed by atoms with E-state index in [0.29, 0.717) is 5.69 Å². The molecule has 88 valence electrons. The van der Waals surface area contributed by atoms with E-state index in [2.05, 4.69) is 10.3 Å². The lowest BCUT2D eigenvalue weighted by Crippen LogP contribution is -2.46. The van der Waals surface area contributed by atoms with Crippen molar-refractivity contribution in [2.75, 3.05) is 32.4 Å². The molecule has 0 bridgehead atoms. The zero-order valence-electron chi connectivity index (χ0n) is 9.23. The van der Waals surface area contributed by atoms with E-state index in [1.165, 1.54) is 0 Å². The number of piperazine rings is 1. The number of thiazole rings is 1. The fraction of sp³-hybridized carbons (Fsp3) is 0.600. The Labute approximate surface area is 103 Å². The molecule has 0 radical (unpaired) electrons. The van der Waals surface area contributed by atoms with Gasteiger partial charge in [-0.15, -0.1) is 11.3 Å². The quantitative estimate of drug-likeness (QED) is 0.879. The van der Waals surface area contributed by atoms with E-state index in [1.807, 2.05) is 16.5 Å². The van der Waals surface area contributed by atoms with Gasteiger partial charge in [-0.25, -0.2) is 4.98 Å². The molecule has 1 aliphatic heterocycles. The molecule has 2 heterocycles. The second-order valence-corrected chi connectivity index (χ2v) is 5.41. The zero-order valence-corrected chi connectivity index (χ0v) is 10.9. The van der Waals surface area contributed by atoms with Gasteiger partial charge < -0.3 is 10.2 Å². The first-order valence-electron chi connectivity index (χ1n) is 5.24. The van der Waals surface area contributed by atoms with E-state index in [0.717, 1.165) is 36.9 Å². The average Bonchev–Trinajstić information content (AvgIpc) is 2.78. The normalized spacial score (nSPS) is 16.4. The van der Waals surface area contributed by atoms with Gasteiger partial charge in [0.25, 0.3) is 5.91 Å². The predicted molar refractivity (Wildman–Crippen MR) is 68.1 cm³/mol. The molecule has 0 spiro atoms. The standard InChI is InChI=1S/C10H15N3OS2/c1-15-7-9-12-8(6-16-9)10(14)13-4-2-11-3-5-13/h6,11H,2-5,7H2,1H3. The van der Waals surface area contributed by atoms with Gasteiger partial charge in [0.05, 0.1) is 0 Å². The minimum absolute atomic E-state index is 0.0742. The molecule has 2 rings (SSSR count). The van der Waals surface area contributed by atoms with Gasteiger partial charge in [0.2, 0.25) is 0 Å². The van der Waals surface area contributed by atoms with E-state index in [-0.39, 0.29) is 5.91 Å². The molecular weight excluding hydrogens is 242 g/mol. The third kappa shape index (κ3) is 2.75. The molecular formula is C10H15N3OS2. The highest BCUT2D eigenvalue weighted by Crippen LogP contribution is 2.16. The summed E-state index contributed by atoms with van der Waals surface area (Å²) in [5.74, 6) is 0.963. The van der Waals surface area contributed by atoms with Crippen molar-refractivity contribution in [3.05, 3.63) is 16.1 Å². The Hall–Kier alpha value is -0.590. The molecule has 1 saturated heterocycles. The Balaban J connectivity index is 2.01. The van der Waals surface area contributed by atoms with E-state index >= 15 is 0 Å². The number of nitrogens with one attached hydrogen (secondary N) is 1. The molecule has 6 heteroatoms. The Bertz CT molecular complexity index is 361. The topological polar surface area (TPSA) is 45.2 Å². The second-order valence-electron chi connectivity index (χ2n) is 3.60. The van der Waals surface area contributed by atoms with Crippen molar-refractivity contribution >= 4 is 29.0 Å². The average molecular weight is 257 g/mol. The first-order chi connectivity index (χ1) is 7.81. The molecule has 1 fully saturated rings. The summed E-state index contributed by atoms with van der Waals surface area (Å²) < 4.78 is 0. The number of hydrogen-bond acceptors (Lipinski definition) is 5. The first kappa shape index (κ1) is 11.9. The van der Waals surface area contributed by atoms with Crippen molar-refractivity contribution in [1.29, 1.82) is 0 Å². The first-order valence-corrected chi connectivity index (χ1v) is 7.52. The lowest BCUT2D eigenvalue weighted by molar-refractivity contribution is 0.0730. The van der Waals surface area contributed by atoms with E-state index < -0.39 is 0 Å². The van der Waals surface area contributed by atoms with Crippen LogP contribution in [0, 0.1) is 0 Å². The van der Waals surface area contributed by atoms with E-state index in [1.54, 1.807) is 23.1 Å². The van der Waals surface area contributed by atoms with Crippen LogP contribution < -0.4 is 5.32 Å². The molecule has 0 unspecified atom stereocenters. The highest BCUT2D eigenvalue weighted by molar-refractivity contribution is 7.97. The van der Waals surface area contributed by atoms with Gasteiger partial charge in [-0.2, -0.15) is 11.8 Å². The number of carbonyl (C=O) groups is 1. The van der Waals surface area contributed by atoms with Crippen molar-refractivity contribution in [2.24, 2.45) is 0 Å². The fourth-order valence-electron chi connectivity index (χ4n) is 1.63. The van der Waals surface area contributed by atoms with Crippen LogP contribution in [0.4, 0.5) is 0 Å². The summed E-state index contributed by atoms with van der Waals surface area (Å²) in [6.45, 7) is 3.34. The minimum atomic E-state index is 0.0742. The molecule has 0 atom stereocenters. The maximum Gasteiger partial charge on any atom is 0.273 e. The van der Waals surface area contributed by atoms with Crippen LogP contribution in [0.25, 0.3) is 0 Å². The van der Waals surface area contributed by atoms with Crippen LogP contribution in [0.2, 0.25) is 0 Å². The second kappa shape index (κ2) is 5.65.